The SMILES string of the molecule is CCOC(=O)NCCCCCCNC(=O)CCc1cc(N=Nc2ccccc2C(=O)O)ccc1O.CCOC(=O)NCCCCCCNC(=O)CCc1ccccc1O.CCOC(=O)ON1C(=O)CCC1=O.CCOC(=O)c1ccc([N+](=O)[O-])cc1.NCCCCCCNC(=O)CCc1ccccc1O.NCCc1ccc(O)cc1.Nc1ccccc1C(=O)O.O=N[O-].[Na+]. The van der Waals surface area contributed by atoms with E-state index in [0.29, 0.717) is 111 Å². The molecule has 8 rings (SSSR count). The number of para-hydroxylation sites is 3. The van der Waals surface area contributed by atoms with E-state index in [0.717, 1.165) is 113 Å². The maximum absolute atomic E-state index is 12.1. The average molecular weight is 1810 g/mol. The summed E-state index contributed by atoms with van der Waals surface area (Å²) < 4.78 is 18.7. The summed E-state index contributed by atoms with van der Waals surface area (Å²) in [6.07, 6.45) is 13.4. The van der Waals surface area contributed by atoms with Crippen molar-refractivity contribution < 1.29 is 142 Å². The van der Waals surface area contributed by atoms with Gasteiger partial charge in [0.15, 0.2) is 0 Å². The first-order valence-corrected chi connectivity index (χ1v) is 41.6. The Hall–Kier alpha value is -13.4. The van der Waals surface area contributed by atoms with Crippen molar-refractivity contribution in [3.8, 4) is 23.0 Å². The number of hydroxylamine groups is 2. The predicted molar refractivity (Wildman–Crippen MR) is 476 cm³/mol. The first-order chi connectivity index (χ1) is 61.5. The van der Waals surface area contributed by atoms with Crippen LogP contribution in [0.25, 0.3) is 0 Å². The molecule has 1 saturated heterocycles. The number of nitro groups is 1. The number of nitrogens with one attached hydrogen (secondary N) is 5. The number of aromatic carboxylic acids is 2. The van der Waals surface area contributed by atoms with Crippen molar-refractivity contribution in [2.24, 2.45) is 27.0 Å². The van der Waals surface area contributed by atoms with Gasteiger partial charge in [-0.25, -0.2) is 28.8 Å². The number of aromatic hydroxyl groups is 4. The maximum Gasteiger partial charge on any atom is 1.00 e. The standard InChI is InChI=1S/C25H32N4O6.C18H28N2O4.C15H24N2O2.C9H9NO4.C8H11NO.C7H9NO5.C7H7NO2.HNO2.Na/c1-2-35-25(34)27-16-8-4-3-7-15-26-23(31)14-11-18-17-19(12-13-22(18)30)28-29-21-10-6-5-9-20(21)24(32)33;1-2-24-18(23)20-14-8-4-3-7-13-19-17(22)12-11-15-9-5-6-10-16(15)21;16-11-5-1-2-6-12-17-15(19)10-9-13-7-3-4-8-14(13)18;1-2-14-9(11)7-3-5-8(6-4-7)10(12)13;9-6-5-7-1-3-8(10)4-2-7;1-2-12-7(11)13-8-5(9)3-4-6(8)10;8-6-4-2-1-3-5(6)7(9)10;2-1-3;/h5-6,9-10,12-13,17,30H,2-4,7-8,11,14-16H2,1H3,(H,26,31)(H,27,34)(H,32,33);5-6,9-10,21H,2-4,7-8,11-14H2,1H3,(H,19,22)(H,20,23);3-4,7-8,18H,1-2,5-6,9-12,16H2,(H,17,19);3-6H,2H2,1H3;1-4,10H,5-6,9H2;2-4H2,1H3;1-4H,8H2,(H,9,10);(H,2,3);/q;;;;;;;;+1/p-1. The Kier molecular flexibility index (Phi) is 65.2. The van der Waals surface area contributed by atoms with Crippen molar-refractivity contribution in [1.29, 1.82) is 0 Å². The number of ether oxygens (including phenoxy) is 4. The van der Waals surface area contributed by atoms with Gasteiger partial charge >= 0.3 is 65.8 Å². The topological polar surface area (TPSA) is 617 Å². The van der Waals surface area contributed by atoms with E-state index >= 15 is 0 Å². The Labute approximate surface area is 771 Å². The third kappa shape index (κ3) is 55.7. The molecule has 7 amide bonds. The molecular formula is C89H120N13NaO26. The van der Waals surface area contributed by atoms with Crippen molar-refractivity contribution in [2.45, 2.75) is 163 Å². The van der Waals surface area contributed by atoms with E-state index in [-0.39, 0.29) is 126 Å². The van der Waals surface area contributed by atoms with E-state index in [2.05, 4.69) is 46.4 Å². The van der Waals surface area contributed by atoms with E-state index in [4.69, 9.17) is 51.7 Å². The number of carboxylic acid groups (broad SMARTS) is 2. The molecule has 0 aromatic heterocycles. The number of amides is 7. The van der Waals surface area contributed by atoms with Gasteiger partial charge in [0.25, 0.3) is 17.5 Å². The van der Waals surface area contributed by atoms with Crippen LogP contribution in [0.1, 0.15) is 190 Å². The zero-order valence-corrected chi connectivity index (χ0v) is 75.5. The number of nitrogens with two attached hydrogens (primary N) is 3. The number of phenols is 4. The normalized spacial score (nSPS) is 10.6. The number of alkyl carbamates (subject to hydrolysis) is 2. The largest absolute Gasteiger partial charge is 1.00 e. The summed E-state index contributed by atoms with van der Waals surface area (Å²) in [7, 11) is 0. The number of imide groups is 1. The monoisotopic (exact) mass is 1810 g/mol. The minimum Gasteiger partial charge on any atom is -0.508 e. The van der Waals surface area contributed by atoms with Gasteiger partial charge in [0.1, 0.15) is 28.7 Å². The van der Waals surface area contributed by atoms with Crippen molar-refractivity contribution in [3.05, 3.63) is 223 Å². The molecular weight excluding hydrogens is 1690 g/mol. The van der Waals surface area contributed by atoms with E-state index < -0.39 is 46.9 Å². The summed E-state index contributed by atoms with van der Waals surface area (Å²) in [5.41, 5.74) is 20.9. The van der Waals surface area contributed by atoms with Gasteiger partial charge in [0, 0.05) is 82.6 Å². The van der Waals surface area contributed by atoms with Gasteiger partial charge in [0.2, 0.25) is 17.7 Å². The van der Waals surface area contributed by atoms with Gasteiger partial charge in [-0.2, -0.15) is 5.11 Å². The Bertz CT molecular complexity index is 4500. The third-order valence-electron chi connectivity index (χ3n) is 17.3. The molecule has 0 unspecified atom stereocenters. The van der Waals surface area contributed by atoms with E-state index in [1.54, 1.807) is 113 Å². The van der Waals surface area contributed by atoms with Crippen molar-refractivity contribution in [1.82, 2.24) is 31.6 Å². The number of phenolic OH excluding ortho intramolecular Hbond substituents is 4. The van der Waals surface area contributed by atoms with Crippen LogP contribution < -0.4 is 73.3 Å². The van der Waals surface area contributed by atoms with Crippen LogP contribution in [0.4, 0.5) is 37.1 Å². The van der Waals surface area contributed by atoms with Crippen molar-refractivity contribution in [3.63, 3.8) is 0 Å². The quantitative estimate of drug-likeness (QED) is 0.00161. The van der Waals surface area contributed by atoms with E-state index in [1.165, 1.54) is 48.0 Å². The number of rotatable bonds is 42. The first-order valence-electron chi connectivity index (χ1n) is 41.6. The molecule has 0 spiro atoms. The van der Waals surface area contributed by atoms with Gasteiger partial charge in [-0.1, -0.05) is 116 Å². The Morgan fingerprint density at radius 3 is 1.28 bits per heavy atom. The first kappa shape index (κ1) is 116. The molecule has 1 aliphatic heterocycles. The molecule has 0 aliphatic carbocycles. The third-order valence-corrected chi connectivity index (χ3v) is 17.3. The molecule has 1 fully saturated rings. The summed E-state index contributed by atoms with van der Waals surface area (Å²) in [6.45, 7) is 12.5. The summed E-state index contributed by atoms with van der Waals surface area (Å²) in [6, 6.07) is 43.9. The van der Waals surface area contributed by atoms with Crippen LogP contribution >= 0.6 is 0 Å². The number of nitrogen functional groups attached to an aromatic ring is 1. The number of carbonyl (C=O) groups excluding carboxylic acids is 9. The van der Waals surface area contributed by atoms with Crippen LogP contribution in [0, 0.1) is 20.2 Å². The second-order valence-electron chi connectivity index (χ2n) is 27.0. The minimum absolute atomic E-state index is 0. The molecule has 698 valence electrons. The Balaban J connectivity index is 0.00000154. The summed E-state index contributed by atoms with van der Waals surface area (Å²) >= 11 is 0. The van der Waals surface area contributed by atoms with Crippen LogP contribution in [0.2, 0.25) is 0 Å². The average Bonchev–Trinajstić information content (AvgIpc) is 1.80. The number of nitro benzene ring substituents is 1. The summed E-state index contributed by atoms with van der Waals surface area (Å²) in [5, 5.41) is 97.8. The van der Waals surface area contributed by atoms with E-state index in [9.17, 15) is 83.3 Å². The number of esters is 1. The fourth-order valence-electron chi connectivity index (χ4n) is 10.7. The number of anilines is 1. The van der Waals surface area contributed by atoms with Gasteiger partial charge in [0.05, 0.1) is 53.7 Å². The molecule has 7 aromatic carbocycles. The predicted octanol–water partition coefficient (Wildman–Crippen LogP) is 10.7. The number of hydrogen-bond acceptors (Lipinski definition) is 30. The number of benzene rings is 7. The molecule has 0 bridgehead atoms. The van der Waals surface area contributed by atoms with Crippen LogP contribution in [0.15, 0.2) is 179 Å². The number of unbranched alkanes of at least 4 members (excludes halogenated alkanes) is 9. The number of azo groups is 1. The van der Waals surface area contributed by atoms with Crippen molar-refractivity contribution >= 4 is 88.5 Å². The summed E-state index contributed by atoms with van der Waals surface area (Å²) in [4.78, 5) is 145. The number of hydrogen-bond donors (Lipinski definition) is 14. The fourth-order valence-corrected chi connectivity index (χ4v) is 10.7. The Morgan fingerprint density at radius 2 is 0.868 bits per heavy atom. The molecule has 7 aromatic rings. The number of carboxylic acids is 2. The molecule has 0 saturated carbocycles. The van der Waals surface area contributed by atoms with Crippen LogP contribution in [0.5, 0.6) is 23.0 Å². The molecule has 1 aliphatic rings. The number of aryl methyl sites for hydroxylation is 3. The number of carbonyl (C=O) groups is 11. The second kappa shape index (κ2) is 72.8. The molecule has 129 heavy (non-hydrogen) atoms. The van der Waals surface area contributed by atoms with Gasteiger partial charge in [-0.3, -0.25) is 38.9 Å². The molecule has 40 heteroatoms. The van der Waals surface area contributed by atoms with Gasteiger partial charge in [-0.15, -0.1) is 10.5 Å². The van der Waals surface area contributed by atoms with Gasteiger partial charge in [-0.05, 0) is 206 Å². The smallest absolute Gasteiger partial charge is 0.508 e. The maximum atomic E-state index is 12.1. The zero-order chi connectivity index (χ0) is 95.1. The molecule has 17 N–H and O–H groups in total. The molecule has 0 radical (unpaired) electrons. The van der Waals surface area contributed by atoms with Crippen LogP contribution in [-0.4, -0.2) is 179 Å². The van der Waals surface area contributed by atoms with Gasteiger partial charge < -0.3 is 103 Å². The van der Waals surface area contributed by atoms with Crippen molar-refractivity contribution in [2.75, 3.05) is 78.0 Å². The number of non-ortho nitro benzene ring substituents is 1. The summed E-state index contributed by atoms with van der Waals surface area (Å²) in [5.74, 6) is -2.79. The fraction of sp³-hybridized carbons (Fsp3) is 0.404. The van der Waals surface area contributed by atoms with Crippen LogP contribution in [0.3, 0.4) is 0 Å². The van der Waals surface area contributed by atoms with E-state index in [1.807, 2.05) is 36.4 Å². The molecule has 1 heterocycles. The zero-order valence-electron chi connectivity index (χ0n) is 73.5. The molecule has 39 nitrogen and oxygen atoms in total. The number of nitrogens with zero attached hydrogens (tertiary/aromatic N) is 5. The Morgan fingerprint density at radius 1 is 0.465 bits per heavy atom. The minimum atomic E-state index is -1.09. The molecule has 0 atom stereocenters. The van der Waals surface area contributed by atoms with Crippen LogP contribution in [-0.2, 0) is 73.4 Å². The second-order valence-corrected chi connectivity index (χ2v) is 27.0.